The van der Waals surface area contributed by atoms with Crippen LogP contribution in [-0.2, 0) is 0 Å². The van der Waals surface area contributed by atoms with E-state index >= 15 is 0 Å². The molecule has 4 rings (SSSR count). The van der Waals surface area contributed by atoms with Gasteiger partial charge >= 0.3 is 6.03 Å². The highest BCUT2D eigenvalue weighted by molar-refractivity contribution is 7.98. The normalized spacial score (nSPS) is 15.6. The second kappa shape index (κ2) is 9.61. The molecule has 7 nitrogen and oxygen atoms in total. The zero-order valence-corrected chi connectivity index (χ0v) is 18.6. The average Bonchev–Trinajstić information content (AvgIpc) is 3.46. The van der Waals surface area contributed by atoms with E-state index in [2.05, 4.69) is 20.8 Å². The largest absolute Gasteiger partial charge is 0.322 e. The molecule has 166 valence electrons. The lowest BCUT2D eigenvalue weighted by Crippen LogP contribution is -2.34. The van der Waals surface area contributed by atoms with Gasteiger partial charge in [-0.25, -0.2) is 13.6 Å². The molecular weight excluding hydrogens is 456 g/mol. The van der Waals surface area contributed by atoms with E-state index in [-0.39, 0.29) is 22.8 Å². The van der Waals surface area contributed by atoms with Gasteiger partial charge in [0, 0.05) is 28.9 Å². The molecule has 2 heterocycles. The molecule has 32 heavy (non-hydrogen) atoms. The highest BCUT2D eigenvalue weighted by atomic mass is 32.2. The summed E-state index contributed by atoms with van der Waals surface area (Å²) in [7, 11) is 0. The van der Waals surface area contributed by atoms with E-state index in [1.54, 1.807) is 16.7 Å². The molecule has 1 fully saturated rings. The molecule has 1 saturated heterocycles. The lowest BCUT2D eigenvalue weighted by molar-refractivity contribution is 0.102. The van der Waals surface area contributed by atoms with Gasteiger partial charge in [0.25, 0.3) is 5.91 Å². The van der Waals surface area contributed by atoms with Crippen LogP contribution < -0.4 is 10.6 Å². The second-order valence-electron chi connectivity index (χ2n) is 7.04. The van der Waals surface area contributed by atoms with Crippen LogP contribution in [0.25, 0.3) is 0 Å². The van der Waals surface area contributed by atoms with E-state index in [1.165, 1.54) is 6.07 Å². The summed E-state index contributed by atoms with van der Waals surface area (Å²) in [4.78, 5) is 28.0. The number of likely N-dealkylation sites (tertiary alicyclic amines) is 1. The van der Waals surface area contributed by atoms with Crippen molar-refractivity contribution in [1.29, 1.82) is 0 Å². The molecule has 2 aromatic carbocycles. The van der Waals surface area contributed by atoms with Gasteiger partial charge < -0.3 is 15.5 Å². The Bertz CT molecular complexity index is 1160. The van der Waals surface area contributed by atoms with Crippen LogP contribution >= 0.6 is 23.1 Å². The van der Waals surface area contributed by atoms with Crippen molar-refractivity contribution in [2.45, 2.75) is 23.8 Å². The van der Waals surface area contributed by atoms with E-state index in [1.807, 2.05) is 30.5 Å². The molecule has 1 aliphatic heterocycles. The van der Waals surface area contributed by atoms with Crippen molar-refractivity contribution in [3.05, 3.63) is 64.1 Å². The Morgan fingerprint density at radius 2 is 1.91 bits per heavy atom. The lowest BCUT2D eigenvalue weighted by Gasteiger charge is -2.23. The summed E-state index contributed by atoms with van der Waals surface area (Å²) in [6.07, 6.45) is 3.48. The number of carbonyl (C=O) groups excluding carboxylic acids is 2. The molecule has 0 saturated carbocycles. The van der Waals surface area contributed by atoms with E-state index < -0.39 is 17.5 Å². The smallest absolute Gasteiger partial charge is 0.320 e. The van der Waals surface area contributed by atoms with Gasteiger partial charge in [0.05, 0.1) is 6.04 Å². The fourth-order valence-corrected chi connectivity index (χ4v) is 4.73. The number of benzene rings is 2. The Morgan fingerprint density at radius 1 is 1.09 bits per heavy atom. The summed E-state index contributed by atoms with van der Waals surface area (Å²) >= 11 is 2.66. The highest BCUT2D eigenvalue weighted by Crippen LogP contribution is 2.34. The Labute approximate surface area is 191 Å². The number of anilines is 2. The zero-order valence-electron chi connectivity index (χ0n) is 17.0. The van der Waals surface area contributed by atoms with Crippen LogP contribution in [0.3, 0.4) is 0 Å². The SMILES string of the molecule is CSc1cccc(NC(=O)N2CCCC2c2nnc(C(=O)Nc3ccc(F)c(F)c3)s2)c1. The standard InChI is InChI=1S/C21H19F2N5O2S2/c1-31-14-5-2-4-12(10-14)25-21(30)28-9-3-6-17(28)19-26-27-20(32-19)18(29)24-13-7-8-15(22)16(23)11-13/h2,4-5,7-8,10-11,17H,3,6,9H2,1H3,(H,24,29)(H,25,30). The van der Waals surface area contributed by atoms with E-state index in [0.29, 0.717) is 23.7 Å². The zero-order chi connectivity index (χ0) is 22.7. The maximum Gasteiger partial charge on any atom is 0.322 e. The fraction of sp³-hybridized carbons (Fsp3) is 0.238. The van der Waals surface area contributed by atoms with Gasteiger partial charge in [-0.15, -0.1) is 22.0 Å². The van der Waals surface area contributed by atoms with E-state index in [0.717, 1.165) is 34.8 Å². The fourth-order valence-electron chi connectivity index (χ4n) is 3.38. The number of carbonyl (C=O) groups is 2. The molecule has 0 aliphatic carbocycles. The molecule has 0 radical (unpaired) electrons. The van der Waals surface area contributed by atoms with Gasteiger partial charge in [0.1, 0.15) is 5.01 Å². The maximum atomic E-state index is 13.4. The minimum absolute atomic E-state index is 0.0738. The number of halogens is 2. The summed E-state index contributed by atoms with van der Waals surface area (Å²) in [5.74, 6) is -2.64. The van der Waals surface area contributed by atoms with Gasteiger partial charge in [-0.2, -0.15) is 0 Å². The summed E-state index contributed by atoms with van der Waals surface area (Å²) in [5, 5.41) is 14.0. The summed E-state index contributed by atoms with van der Waals surface area (Å²) in [6.45, 7) is 0.564. The van der Waals surface area contributed by atoms with Gasteiger partial charge in [-0.05, 0) is 49.4 Å². The van der Waals surface area contributed by atoms with Gasteiger partial charge in [0.2, 0.25) is 5.01 Å². The molecule has 1 atom stereocenters. The van der Waals surface area contributed by atoms with Crippen LogP contribution in [0.5, 0.6) is 0 Å². The minimum atomic E-state index is -1.06. The highest BCUT2D eigenvalue weighted by Gasteiger charge is 2.33. The van der Waals surface area contributed by atoms with Crippen molar-refractivity contribution in [2.75, 3.05) is 23.4 Å². The second-order valence-corrected chi connectivity index (χ2v) is 8.93. The molecule has 2 N–H and O–H groups in total. The first-order valence-electron chi connectivity index (χ1n) is 9.76. The average molecular weight is 476 g/mol. The summed E-state index contributed by atoms with van der Waals surface area (Å²) < 4.78 is 26.4. The van der Waals surface area contributed by atoms with Crippen molar-refractivity contribution in [3.63, 3.8) is 0 Å². The van der Waals surface area contributed by atoms with Crippen molar-refractivity contribution < 1.29 is 18.4 Å². The Morgan fingerprint density at radius 3 is 2.69 bits per heavy atom. The molecule has 3 aromatic rings. The number of thioether (sulfide) groups is 1. The number of urea groups is 1. The number of aromatic nitrogens is 2. The molecule has 0 spiro atoms. The Balaban J connectivity index is 1.44. The van der Waals surface area contributed by atoms with Gasteiger partial charge in [0.15, 0.2) is 11.6 Å². The van der Waals surface area contributed by atoms with Gasteiger partial charge in [-0.1, -0.05) is 17.4 Å². The van der Waals surface area contributed by atoms with Crippen LogP contribution in [0.2, 0.25) is 0 Å². The number of hydrogen-bond donors (Lipinski definition) is 2. The quantitative estimate of drug-likeness (QED) is 0.498. The predicted octanol–water partition coefficient (Wildman–Crippen LogP) is 5.16. The van der Waals surface area contributed by atoms with Gasteiger partial charge in [-0.3, -0.25) is 4.79 Å². The molecule has 1 unspecified atom stereocenters. The summed E-state index contributed by atoms with van der Waals surface area (Å²) in [5.41, 5.74) is 0.816. The first kappa shape index (κ1) is 22.2. The number of nitrogens with zero attached hydrogens (tertiary/aromatic N) is 3. The van der Waals surface area contributed by atoms with E-state index in [4.69, 9.17) is 0 Å². The number of rotatable bonds is 5. The lowest BCUT2D eigenvalue weighted by atomic mass is 10.2. The molecule has 3 amide bonds. The summed E-state index contributed by atoms with van der Waals surface area (Å²) in [6, 6.07) is 10.1. The van der Waals surface area contributed by atoms with Crippen molar-refractivity contribution in [3.8, 4) is 0 Å². The van der Waals surface area contributed by atoms with Crippen molar-refractivity contribution in [1.82, 2.24) is 15.1 Å². The first-order chi connectivity index (χ1) is 15.4. The number of nitrogens with one attached hydrogen (secondary N) is 2. The molecule has 11 heteroatoms. The number of amides is 3. The Kier molecular flexibility index (Phi) is 6.66. The number of hydrogen-bond acceptors (Lipinski definition) is 6. The maximum absolute atomic E-state index is 13.4. The van der Waals surface area contributed by atoms with Crippen molar-refractivity contribution in [2.24, 2.45) is 0 Å². The third-order valence-corrected chi connectivity index (χ3v) is 6.68. The minimum Gasteiger partial charge on any atom is -0.320 e. The topological polar surface area (TPSA) is 87.2 Å². The van der Waals surface area contributed by atoms with Crippen LogP contribution in [0.4, 0.5) is 25.0 Å². The molecule has 0 bridgehead atoms. The first-order valence-corrected chi connectivity index (χ1v) is 11.8. The molecule has 1 aromatic heterocycles. The molecule has 1 aliphatic rings. The van der Waals surface area contributed by atoms with E-state index in [9.17, 15) is 18.4 Å². The Hall–Kier alpha value is -3.05. The monoisotopic (exact) mass is 475 g/mol. The van der Waals surface area contributed by atoms with Crippen LogP contribution in [0.15, 0.2) is 47.4 Å². The molecular formula is C21H19F2N5O2S2. The third kappa shape index (κ3) is 4.89. The predicted molar refractivity (Wildman–Crippen MR) is 120 cm³/mol. The third-order valence-electron chi connectivity index (χ3n) is 4.93. The van der Waals surface area contributed by atoms with Crippen molar-refractivity contribution >= 4 is 46.4 Å². The van der Waals surface area contributed by atoms with Crippen LogP contribution in [-0.4, -0.2) is 39.8 Å². The van der Waals surface area contributed by atoms with Crippen LogP contribution in [0, 0.1) is 11.6 Å². The van der Waals surface area contributed by atoms with Crippen LogP contribution in [0.1, 0.15) is 33.7 Å².